The van der Waals surface area contributed by atoms with Gasteiger partial charge in [0, 0.05) is 17.1 Å². The van der Waals surface area contributed by atoms with Crippen LogP contribution in [0.1, 0.15) is 5.69 Å². The Balaban J connectivity index is 2.32. The highest BCUT2D eigenvalue weighted by Crippen LogP contribution is 2.26. The van der Waals surface area contributed by atoms with E-state index in [0.29, 0.717) is 16.3 Å². The van der Waals surface area contributed by atoms with Crippen molar-refractivity contribution in [1.29, 1.82) is 0 Å². The number of aromatic nitrogens is 1. The molecular formula is C14H9F2NO3. The van der Waals surface area contributed by atoms with Gasteiger partial charge in [-0.1, -0.05) is 0 Å². The van der Waals surface area contributed by atoms with Crippen molar-refractivity contribution in [2.45, 2.75) is 13.5 Å². The summed E-state index contributed by atoms with van der Waals surface area (Å²) in [5.74, 6) is -0.0670. The topological polar surface area (TPSA) is 52.3 Å². The van der Waals surface area contributed by atoms with Crippen LogP contribution in [0.5, 0.6) is 5.75 Å². The standard InChI is InChI=1S/C14H9F2NO3/c1-7-2-4-10-12(17-7)9-5-3-8(19-14(15)16)6-11(9)20-13(10)18/h2-6,14H,1H3. The van der Waals surface area contributed by atoms with Crippen LogP contribution < -0.4 is 10.4 Å². The molecule has 0 atom stereocenters. The summed E-state index contributed by atoms with van der Waals surface area (Å²) in [6.45, 7) is -1.13. The number of halogens is 2. The first-order valence-electron chi connectivity index (χ1n) is 5.83. The summed E-state index contributed by atoms with van der Waals surface area (Å²) < 4.78 is 33.8. The van der Waals surface area contributed by atoms with Crippen LogP contribution in [0.4, 0.5) is 8.78 Å². The van der Waals surface area contributed by atoms with E-state index in [1.165, 1.54) is 12.1 Å². The lowest BCUT2D eigenvalue weighted by Gasteiger charge is -2.06. The molecule has 3 aromatic rings. The maximum Gasteiger partial charge on any atom is 0.387 e. The summed E-state index contributed by atoms with van der Waals surface area (Å²) in [6, 6.07) is 7.53. The van der Waals surface area contributed by atoms with Crippen molar-refractivity contribution in [1.82, 2.24) is 4.98 Å². The molecule has 0 unspecified atom stereocenters. The third-order valence-electron chi connectivity index (χ3n) is 2.89. The van der Waals surface area contributed by atoms with Crippen molar-refractivity contribution >= 4 is 21.9 Å². The van der Waals surface area contributed by atoms with E-state index >= 15 is 0 Å². The molecule has 0 saturated carbocycles. The molecule has 0 spiro atoms. The van der Waals surface area contributed by atoms with Gasteiger partial charge >= 0.3 is 12.2 Å². The number of rotatable bonds is 2. The van der Waals surface area contributed by atoms with Crippen LogP contribution in [-0.4, -0.2) is 11.6 Å². The minimum Gasteiger partial charge on any atom is -0.435 e. The van der Waals surface area contributed by atoms with E-state index in [-0.39, 0.29) is 11.3 Å². The summed E-state index contributed by atoms with van der Waals surface area (Å²) in [7, 11) is 0. The fourth-order valence-corrected chi connectivity index (χ4v) is 2.04. The van der Waals surface area contributed by atoms with E-state index in [0.717, 1.165) is 5.69 Å². The average Bonchev–Trinajstić information content (AvgIpc) is 2.37. The lowest BCUT2D eigenvalue weighted by molar-refractivity contribution is -0.0497. The van der Waals surface area contributed by atoms with E-state index < -0.39 is 12.2 Å². The molecule has 0 N–H and O–H groups in total. The maximum atomic E-state index is 12.2. The maximum absolute atomic E-state index is 12.2. The first-order valence-corrected chi connectivity index (χ1v) is 5.83. The van der Waals surface area contributed by atoms with Gasteiger partial charge in [0.2, 0.25) is 0 Å². The molecule has 0 saturated heterocycles. The normalized spacial score (nSPS) is 11.4. The average molecular weight is 277 g/mol. The number of aryl methyl sites for hydroxylation is 1. The Bertz CT molecular complexity index is 858. The fourth-order valence-electron chi connectivity index (χ4n) is 2.04. The lowest BCUT2D eigenvalue weighted by atomic mass is 10.1. The van der Waals surface area contributed by atoms with Gasteiger partial charge in [-0.05, 0) is 31.2 Å². The molecule has 0 aliphatic rings. The molecule has 3 rings (SSSR count). The van der Waals surface area contributed by atoms with Crippen LogP contribution in [0, 0.1) is 6.92 Å². The van der Waals surface area contributed by atoms with Gasteiger partial charge in [0.1, 0.15) is 11.3 Å². The smallest absolute Gasteiger partial charge is 0.387 e. The lowest BCUT2D eigenvalue weighted by Crippen LogP contribution is -2.04. The monoisotopic (exact) mass is 277 g/mol. The summed E-state index contributed by atoms with van der Waals surface area (Å²) in [6.07, 6.45) is 0. The summed E-state index contributed by atoms with van der Waals surface area (Å²) >= 11 is 0. The molecule has 4 nitrogen and oxygen atoms in total. The zero-order chi connectivity index (χ0) is 14.3. The van der Waals surface area contributed by atoms with Crippen LogP contribution in [0.2, 0.25) is 0 Å². The molecule has 0 aliphatic heterocycles. The second kappa shape index (κ2) is 4.56. The highest BCUT2D eigenvalue weighted by Gasteiger charge is 2.11. The van der Waals surface area contributed by atoms with Gasteiger partial charge in [0.15, 0.2) is 0 Å². The van der Waals surface area contributed by atoms with E-state index in [4.69, 9.17) is 4.42 Å². The summed E-state index contributed by atoms with van der Waals surface area (Å²) in [5.41, 5.74) is 0.838. The molecule has 0 amide bonds. The van der Waals surface area contributed by atoms with E-state index in [9.17, 15) is 13.6 Å². The second-order valence-corrected chi connectivity index (χ2v) is 4.27. The van der Waals surface area contributed by atoms with Crippen molar-refractivity contribution in [3.8, 4) is 5.75 Å². The first-order chi connectivity index (χ1) is 9.54. The first kappa shape index (κ1) is 12.5. The Morgan fingerprint density at radius 1 is 1.20 bits per heavy atom. The van der Waals surface area contributed by atoms with Gasteiger partial charge in [-0.2, -0.15) is 8.78 Å². The number of nitrogens with zero attached hydrogens (tertiary/aromatic N) is 1. The zero-order valence-corrected chi connectivity index (χ0v) is 10.4. The Kier molecular flexibility index (Phi) is 2.85. The molecule has 2 heterocycles. The Morgan fingerprint density at radius 2 is 1.95 bits per heavy atom. The quantitative estimate of drug-likeness (QED) is 0.533. The number of pyridine rings is 1. The van der Waals surface area contributed by atoms with Gasteiger partial charge in [0.05, 0.1) is 10.9 Å². The van der Waals surface area contributed by atoms with Crippen molar-refractivity contribution in [3.05, 3.63) is 46.4 Å². The van der Waals surface area contributed by atoms with Crippen molar-refractivity contribution in [2.75, 3.05) is 0 Å². The molecule has 1 aromatic carbocycles. The largest absolute Gasteiger partial charge is 0.435 e. The third-order valence-corrected chi connectivity index (χ3v) is 2.89. The SMILES string of the molecule is Cc1ccc2c(=O)oc3cc(OC(F)F)ccc3c2n1. The van der Waals surface area contributed by atoms with E-state index in [1.54, 1.807) is 25.1 Å². The minimum atomic E-state index is -2.93. The molecule has 20 heavy (non-hydrogen) atoms. The number of alkyl halides is 2. The van der Waals surface area contributed by atoms with Crippen molar-refractivity contribution in [2.24, 2.45) is 0 Å². The van der Waals surface area contributed by atoms with E-state index in [2.05, 4.69) is 9.72 Å². The zero-order valence-electron chi connectivity index (χ0n) is 10.4. The van der Waals surface area contributed by atoms with Gasteiger partial charge in [-0.15, -0.1) is 0 Å². The predicted octanol–water partition coefficient (Wildman–Crippen LogP) is 3.25. The van der Waals surface area contributed by atoms with Crippen molar-refractivity contribution in [3.63, 3.8) is 0 Å². The van der Waals surface area contributed by atoms with Crippen LogP contribution in [-0.2, 0) is 0 Å². The number of fused-ring (bicyclic) bond motifs is 3. The van der Waals surface area contributed by atoms with Gasteiger partial charge in [0.25, 0.3) is 0 Å². The Morgan fingerprint density at radius 3 is 2.70 bits per heavy atom. The van der Waals surface area contributed by atoms with Crippen molar-refractivity contribution < 1.29 is 17.9 Å². The van der Waals surface area contributed by atoms with Gasteiger partial charge < -0.3 is 9.15 Å². The minimum absolute atomic E-state index is 0.0670. The highest BCUT2D eigenvalue weighted by molar-refractivity contribution is 6.01. The molecule has 0 radical (unpaired) electrons. The van der Waals surface area contributed by atoms with Crippen LogP contribution >= 0.6 is 0 Å². The molecular weight excluding hydrogens is 268 g/mol. The van der Waals surface area contributed by atoms with Gasteiger partial charge in [-0.3, -0.25) is 4.98 Å². The molecule has 0 fully saturated rings. The third kappa shape index (κ3) is 2.09. The molecule has 0 aliphatic carbocycles. The molecule has 6 heteroatoms. The number of benzene rings is 1. The number of hydrogen-bond donors (Lipinski definition) is 0. The second-order valence-electron chi connectivity index (χ2n) is 4.27. The molecule has 0 bridgehead atoms. The Hall–Kier alpha value is -2.50. The summed E-state index contributed by atoms with van der Waals surface area (Å²) in [4.78, 5) is 16.1. The van der Waals surface area contributed by atoms with Gasteiger partial charge in [-0.25, -0.2) is 4.79 Å². The Labute approximate surface area is 111 Å². The predicted molar refractivity (Wildman–Crippen MR) is 69.2 cm³/mol. The molecule has 102 valence electrons. The fraction of sp³-hybridized carbons (Fsp3) is 0.143. The van der Waals surface area contributed by atoms with Crippen LogP contribution in [0.3, 0.4) is 0 Å². The number of ether oxygens (including phenoxy) is 1. The van der Waals surface area contributed by atoms with Crippen LogP contribution in [0.15, 0.2) is 39.5 Å². The van der Waals surface area contributed by atoms with Crippen LogP contribution in [0.25, 0.3) is 21.9 Å². The highest BCUT2D eigenvalue weighted by atomic mass is 19.3. The number of hydrogen-bond acceptors (Lipinski definition) is 4. The van der Waals surface area contributed by atoms with E-state index in [1.807, 2.05) is 0 Å². The molecule has 2 aromatic heterocycles. The summed E-state index contributed by atoms with van der Waals surface area (Å²) in [5, 5.41) is 0.926.